The summed E-state index contributed by atoms with van der Waals surface area (Å²) in [7, 11) is 1.60. The molecule has 0 bridgehead atoms. The first-order chi connectivity index (χ1) is 14.5. The summed E-state index contributed by atoms with van der Waals surface area (Å²) in [5, 5.41) is 11.4. The summed E-state index contributed by atoms with van der Waals surface area (Å²) in [5.74, 6) is 0.447. The smallest absolute Gasteiger partial charge is 0.293 e. The summed E-state index contributed by atoms with van der Waals surface area (Å²) in [6.07, 6.45) is 1.43. The van der Waals surface area contributed by atoms with Crippen LogP contribution in [0.5, 0.6) is 5.75 Å². The topological polar surface area (TPSA) is 90.5 Å². The van der Waals surface area contributed by atoms with Crippen molar-refractivity contribution in [2.75, 3.05) is 7.11 Å². The van der Waals surface area contributed by atoms with Crippen LogP contribution in [0.1, 0.15) is 18.5 Å². The SMILES string of the molecule is COc1ccc(-c2cc3c(=O)n(CC(=O)N[C@H](C)c4ccccc4)ncn3n2)cc1. The lowest BCUT2D eigenvalue weighted by Gasteiger charge is -2.14. The molecular weight excluding hydrogens is 382 g/mol. The molecule has 0 saturated carbocycles. The zero-order chi connectivity index (χ0) is 21.1. The third-order valence-corrected chi connectivity index (χ3v) is 4.85. The lowest BCUT2D eigenvalue weighted by atomic mass is 10.1. The van der Waals surface area contributed by atoms with E-state index in [1.165, 1.54) is 10.8 Å². The molecule has 0 radical (unpaired) electrons. The van der Waals surface area contributed by atoms with Gasteiger partial charge >= 0.3 is 0 Å². The number of aromatic nitrogens is 4. The van der Waals surface area contributed by atoms with Gasteiger partial charge in [0.1, 0.15) is 24.1 Å². The molecule has 1 atom stereocenters. The van der Waals surface area contributed by atoms with Crippen LogP contribution in [0.4, 0.5) is 0 Å². The third-order valence-electron chi connectivity index (χ3n) is 4.85. The van der Waals surface area contributed by atoms with Crippen LogP contribution in [-0.4, -0.2) is 32.4 Å². The number of carbonyl (C=O) groups excluding carboxylic acids is 1. The number of carbonyl (C=O) groups is 1. The van der Waals surface area contributed by atoms with Gasteiger partial charge in [0.25, 0.3) is 5.56 Å². The van der Waals surface area contributed by atoms with Gasteiger partial charge in [0.05, 0.1) is 18.8 Å². The standard InChI is InChI=1S/C22H21N5O3/c1-15(16-6-4-3-5-7-16)24-21(28)13-26-22(29)20-12-19(25-27(20)14-23-26)17-8-10-18(30-2)11-9-17/h3-12,14-15H,13H2,1-2H3,(H,24,28)/t15-/m1/s1. The van der Waals surface area contributed by atoms with Crippen molar-refractivity contribution in [3.63, 3.8) is 0 Å². The molecule has 1 amide bonds. The van der Waals surface area contributed by atoms with Crippen LogP contribution < -0.4 is 15.6 Å². The van der Waals surface area contributed by atoms with Gasteiger partial charge in [-0.15, -0.1) is 0 Å². The minimum Gasteiger partial charge on any atom is -0.497 e. The molecule has 0 aliphatic heterocycles. The summed E-state index contributed by atoms with van der Waals surface area (Å²) in [6, 6.07) is 18.5. The van der Waals surface area contributed by atoms with Crippen LogP contribution >= 0.6 is 0 Å². The van der Waals surface area contributed by atoms with Gasteiger partial charge in [0, 0.05) is 5.56 Å². The molecule has 2 heterocycles. The van der Waals surface area contributed by atoms with E-state index in [0.717, 1.165) is 21.6 Å². The molecule has 0 spiro atoms. The zero-order valence-electron chi connectivity index (χ0n) is 16.6. The van der Waals surface area contributed by atoms with Crippen LogP contribution in [0.2, 0.25) is 0 Å². The van der Waals surface area contributed by atoms with Gasteiger partial charge in [-0.25, -0.2) is 9.20 Å². The maximum Gasteiger partial charge on any atom is 0.293 e. The first-order valence-corrected chi connectivity index (χ1v) is 9.49. The molecule has 4 rings (SSSR count). The molecular formula is C22H21N5O3. The molecule has 8 heteroatoms. The first kappa shape index (κ1) is 19.4. The van der Waals surface area contributed by atoms with Gasteiger partial charge in [0.2, 0.25) is 5.91 Å². The van der Waals surface area contributed by atoms with E-state index < -0.39 is 0 Å². The molecule has 0 aliphatic carbocycles. The monoisotopic (exact) mass is 403 g/mol. The highest BCUT2D eigenvalue weighted by Crippen LogP contribution is 2.21. The van der Waals surface area contributed by atoms with Gasteiger partial charge in [-0.05, 0) is 42.8 Å². The maximum absolute atomic E-state index is 12.8. The number of nitrogens with one attached hydrogen (secondary N) is 1. The second-order valence-electron chi connectivity index (χ2n) is 6.88. The van der Waals surface area contributed by atoms with Crippen LogP contribution in [0.3, 0.4) is 0 Å². The van der Waals surface area contributed by atoms with E-state index in [9.17, 15) is 9.59 Å². The molecule has 2 aromatic carbocycles. The normalized spacial score (nSPS) is 11.9. The molecule has 4 aromatic rings. The largest absolute Gasteiger partial charge is 0.497 e. The van der Waals surface area contributed by atoms with Crippen molar-refractivity contribution in [1.29, 1.82) is 0 Å². The summed E-state index contributed by atoms with van der Waals surface area (Å²) < 4.78 is 7.72. The van der Waals surface area contributed by atoms with Crippen molar-refractivity contribution in [3.05, 3.63) is 82.9 Å². The highest BCUT2D eigenvalue weighted by atomic mass is 16.5. The Labute approximate surface area is 172 Å². The Hall–Kier alpha value is -3.94. The van der Waals surface area contributed by atoms with Gasteiger partial charge in [-0.1, -0.05) is 30.3 Å². The minimum absolute atomic E-state index is 0.171. The highest BCUT2D eigenvalue weighted by Gasteiger charge is 2.14. The molecule has 0 aliphatic rings. The Kier molecular flexibility index (Phi) is 5.30. The molecule has 152 valence electrons. The predicted molar refractivity (Wildman–Crippen MR) is 112 cm³/mol. The van der Waals surface area contributed by atoms with Crippen molar-refractivity contribution in [1.82, 2.24) is 24.7 Å². The van der Waals surface area contributed by atoms with Crippen LogP contribution in [-0.2, 0) is 11.3 Å². The minimum atomic E-state index is -0.382. The number of methoxy groups -OCH3 is 1. The quantitative estimate of drug-likeness (QED) is 0.534. The van der Waals surface area contributed by atoms with Crippen molar-refractivity contribution in [2.45, 2.75) is 19.5 Å². The van der Waals surface area contributed by atoms with Crippen molar-refractivity contribution in [3.8, 4) is 17.0 Å². The summed E-state index contributed by atoms with van der Waals surface area (Å²) in [4.78, 5) is 25.2. The first-order valence-electron chi connectivity index (χ1n) is 9.49. The van der Waals surface area contributed by atoms with Crippen LogP contribution in [0.15, 0.2) is 71.8 Å². The van der Waals surface area contributed by atoms with E-state index in [1.807, 2.05) is 61.5 Å². The Morgan fingerprint density at radius 3 is 2.57 bits per heavy atom. The average molecular weight is 403 g/mol. The molecule has 0 saturated heterocycles. The second-order valence-corrected chi connectivity index (χ2v) is 6.88. The highest BCUT2D eigenvalue weighted by molar-refractivity contribution is 5.76. The fourth-order valence-electron chi connectivity index (χ4n) is 3.20. The molecule has 0 unspecified atom stereocenters. The van der Waals surface area contributed by atoms with Gasteiger partial charge in [0.15, 0.2) is 0 Å². The molecule has 1 N–H and O–H groups in total. The van der Waals surface area contributed by atoms with E-state index in [0.29, 0.717) is 11.2 Å². The Bertz CT molecular complexity index is 1230. The van der Waals surface area contributed by atoms with Crippen molar-refractivity contribution in [2.24, 2.45) is 0 Å². The number of nitrogens with zero attached hydrogens (tertiary/aromatic N) is 4. The molecule has 2 aromatic heterocycles. The molecule has 8 nitrogen and oxygen atoms in total. The lowest BCUT2D eigenvalue weighted by Crippen LogP contribution is -2.35. The van der Waals surface area contributed by atoms with Crippen LogP contribution in [0.25, 0.3) is 16.8 Å². The number of hydrogen-bond acceptors (Lipinski definition) is 5. The number of fused-ring (bicyclic) bond motifs is 1. The number of amides is 1. The van der Waals surface area contributed by atoms with Crippen molar-refractivity contribution >= 4 is 11.4 Å². The number of hydrogen-bond donors (Lipinski definition) is 1. The van der Waals surface area contributed by atoms with Crippen LogP contribution in [0, 0.1) is 0 Å². The van der Waals surface area contributed by atoms with E-state index in [-0.39, 0.29) is 24.1 Å². The Balaban J connectivity index is 1.54. The summed E-state index contributed by atoms with van der Waals surface area (Å²) >= 11 is 0. The number of ether oxygens (including phenoxy) is 1. The van der Waals surface area contributed by atoms with E-state index in [2.05, 4.69) is 15.5 Å². The maximum atomic E-state index is 12.8. The average Bonchev–Trinajstić information content (AvgIpc) is 3.21. The van der Waals surface area contributed by atoms with E-state index in [1.54, 1.807) is 13.2 Å². The Morgan fingerprint density at radius 1 is 1.13 bits per heavy atom. The van der Waals surface area contributed by atoms with Gasteiger partial charge in [-0.3, -0.25) is 9.59 Å². The second kappa shape index (κ2) is 8.20. The van der Waals surface area contributed by atoms with Gasteiger partial charge < -0.3 is 10.1 Å². The zero-order valence-corrected chi connectivity index (χ0v) is 16.6. The number of rotatable bonds is 6. The Morgan fingerprint density at radius 2 is 1.87 bits per heavy atom. The summed E-state index contributed by atoms with van der Waals surface area (Å²) in [6.45, 7) is 1.72. The lowest BCUT2D eigenvalue weighted by molar-refractivity contribution is -0.122. The van der Waals surface area contributed by atoms with Gasteiger partial charge in [-0.2, -0.15) is 10.2 Å². The molecule has 30 heavy (non-hydrogen) atoms. The van der Waals surface area contributed by atoms with Crippen molar-refractivity contribution < 1.29 is 9.53 Å². The fraction of sp³-hybridized carbons (Fsp3) is 0.182. The van der Waals surface area contributed by atoms with E-state index in [4.69, 9.17) is 4.74 Å². The van der Waals surface area contributed by atoms with E-state index >= 15 is 0 Å². The predicted octanol–water partition coefficient (Wildman–Crippen LogP) is 2.44. The number of benzene rings is 2. The fourth-order valence-corrected chi connectivity index (χ4v) is 3.20. The third kappa shape index (κ3) is 3.93. The molecule has 0 fully saturated rings. The summed E-state index contributed by atoms with van der Waals surface area (Å²) in [5.41, 5.74) is 2.44.